The molecule has 23 heavy (non-hydrogen) atoms. The molecule has 0 saturated heterocycles. The third kappa shape index (κ3) is 6.80. The first kappa shape index (κ1) is 19.1. The molecular weight excluding hydrogens is 304 g/mol. The summed E-state index contributed by atoms with van der Waals surface area (Å²) in [6.07, 6.45) is 9.29. The van der Waals surface area contributed by atoms with Gasteiger partial charge in [0.2, 0.25) is 0 Å². The monoisotopic (exact) mass is 330 g/mol. The predicted octanol–water partition coefficient (Wildman–Crippen LogP) is 4.77. The zero-order valence-electron chi connectivity index (χ0n) is 14.2. The van der Waals surface area contributed by atoms with Gasteiger partial charge in [0.05, 0.1) is 0 Å². The van der Waals surface area contributed by atoms with Crippen molar-refractivity contribution in [3.05, 3.63) is 70.7 Å². The van der Waals surface area contributed by atoms with E-state index in [4.69, 9.17) is 0 Å². The Balaban J connectivity index is 2.97. The van der Waals surface area contributed by atoms with Crippen LogP contribution in [0.5, 0.6) is 0 Å². The topological polar surface area (TPSA) is 35.8 Å². The van der Waals surface area contributed by atoms with Crippen molar-refractivity contribution >= 4 is 17.0 Å². The van der Waals surface area contributed by atoms with Crippen molar-refractivity contribution < 1.29 is 5.11 Å². The molecule has 0 atom stereocenters. The average Bonchev–Trinajstić information content (AvgIpc) is 3.06. The molecule has 1 rings (SSSR count). The molecule has 3 nitrogen and oxygen atoms in total. The van der Waals surface area contributed by atoms with Crippen LogP contribution in [0.2, 0.25) is 0 Å². The van der Waals surface area contributed by atoms with Crippen LogP contribution in [0, 0.1) is 0 Å². The highest BCUT2D eigenvalue weighted by atomic mass is 32.1. The fourth-order valence-corrected chi connectivity index (χ4v) is 2.94. The predicted molar refractivity (Wildman–Crippen MR) is 102 cm³/mol. The maximum atomic E-state index is 10.1. The van der Waals surface area contributed by atoms with E-state index in [-0.39, 0.29) is 0 Å². The highest BCUT2D eigenvalue weighted by Crippen LogP contribution is 2.16. The van der Waals surface area contributed by atoms with E-state index in [2.05, 4.69) is 34.0 Å². The summed E-state index contributed by atoms with van der Waals surface area (Å²) in [6, 6.07) is 4.19. The number of allylic oxidation sites excluding steroid dienone is 4. The molecule has 0 amide bonds. The van der Waals surface area contributed by atoms with Crippen LogP contribution in [0.3, 0.4) is 0 Å². The Bertz CT molecular complexity index is 595. The van der Waals surface area contributed by atoms with Crippen LogP contribution in [-0.4, -0.2) is 35.9 Å². The molecule has 0 aliphatic rings. The lowest BCUT2D eigenvalue weighted by molar-refractivity contribution is 0.319. The number of aliphatic hydroxyl groups excluding tert-OH is 1. The lowest BCUT2D eigenvalue weighted by Gasteiger charge is -2.23. The number of aliphatic hydroxyl groups is 1. The van der Waals surface area contributed by atoms with E-state index in [1.807, 2.05) is 39.1 Å². The first-order chi connectivity index (χ1) is 11.1. The summed E-state index contributed by atoms with van der Waals surface area (Å²) in [5.74, 6) is 0.294. The molecule has 4 heteroatoms. The largest absolute Gasteiger partial charge is 0.508 e. The van der Waals surface area contributed by atoms with Crippen molar-refractivity contribution in [2.45, 2.75) is 20.4 Å². The molecule has 0 unspecified atom stereocenters. The molecule has 0 aliphatic carbocycles. The molecule has 0 aliphatic heterocycles. The Hall–Kier alpha value is -1.91. The van der Waals surface area contributed by atoms with Gasteiger partial charge in [-0.25, -0.2) is 0 Å². The van der Waals surface area contributed by atoms with Crippen LogP contribution in [0.1, 0.15) is 18.7 Å². The molecule has 0 spiro atoms. The van der Waals surface area contributed by atoms with Crippen LogP contribution in [0.25, 0.3) is 0 Å². The Labute approximate surface area is 143 Å². The first-order valence-electron chi connectivity index (χ1n) is 7.64. The maximum absolute atomic E-state index is 10.1. The Morgan fingerprint density at radius 2 is 2.17 bits per heavy atom. The number of rotatable bonds is 9. The number of nitrogens with zero attached hydrogens (tertiary/aromatic N) is 2. The molecule has 0 aromatic carbocycles. The lowest BCUT2D eigenvalue weighted by Crippen LogP contribution is -2.31. The summed E-state index contributed by atoms with van der Waals surface area (Å²) in [4.78, 5) is 7.90. The van der Waals surface area contributed by atoms with Crippen LogP contribution < -0.4 is 0 Å². The highest BCUT2D eigenvalue weighted by Gasteiger charge is 2.13. The molecule has 0 radical (unpaired) electrons. The summed E-state index contributed by atoms with van der Waals surface area (Å²) in [5, 5.41) is 12.2. The van der Waals surface area contributed by atoms with E-state index in [0.29, 0.717) is 12.3 Å². The number of aliphatic imine (C=N–C) groups is 1. The zero-order valence-corrected chi connectivity index (χ0v) is 15.0. The van der Waals surface area contributed by atoms with Crippen LogP contribution in [0.15, 0.2) is 70.8 Å². The molecule has 124 valence electrons. The first-order valence-corrected chi connectivity index (χ1v) is 8.52. The Morgan fingerprint density at radius 3 is 2.70 bits per heavy atom. The molecule has 1 aromatic heterocycles. The molecular formula is C19H26N2OS. The van der Waals surface area contributed by atoms with Gasteiger partial charge in [-0.05, 0) is 37.4 Å². The SMILES string of the molecule is C=C/C=C(CN(CC(/C=C\C)=NC)Cc1cccs1)\C(O)=C/C. The minimum absolute atomic E-state index is 0.294. The van der Waals surface area contributed by atoms with Gasteiger partial charge in [-0.1, -0.05) is 30.9 Å². The normalized spacial score (nSPS) is 14.0. The molecule has 1 N–H and O–H groups in total. The maximum Gasteiger partial charge on any atom is 0.115 e. The van der Waals surface area contributed by atoms with E-state index in [9.17, 15) is 5.11 Å². The smallest absolute Gasteiger partial charge is 0.115 e. The summed E-state index contributed by atoms with van der Waals surface area (Å²) < 4.78 is 0. The van der Waals surface area contributed by atoms with E-state index in [1.165, 1.54) is 4.88 Å². The summed E-state index contributed by atoms with van der Waals surface area (Å²) in [7, 11) is 1.81. The molecule has 1 heterocycles. The summed E-state index contributed by atoms with van der Waals surface area (Å²) in [6.45, 7) is 9.74. The van der Waals surface area contributed by atoms with Crippen molar-refractivity contribution in [2.75, 3.05) is 20.1 Å². The Kier molecular flexibility index (Phi) is 8.95. The van der Waals surface area contributed by atoms with Crippen molar-refractivity contribution in [2.24, 2.45) is 4.99 Å². The van der Waals surface area contributed by atoms with Crippen molar-refractivity contribution in [1.82, 2.24) is 4.90 Å². The minimum Gasteiger partial charge on any atom is -0.508 e. The van der Waals surface area contributed by atoms with Gasteiger partial charge in [0.15, 0.2) is 0 Å². The zero-order chi connectivity index (χ0) is 17.1. The highest BCUT2D eigenvalue weighted by molar-refractivity contribution is 7.09. The fourth-order valence-electron chi connectivity index (χ4n) is 2.20. The molecule has 0 fully saturated rings. The van der Waals surface area contributed by atoms with Gasteiger partial charge in [-0.2, -0.15) is 0 Å². The van der Waals surface area contributed by atoms with Crippen LogP contribution >= 0.6 is 11.3 Å². The number of hydrogen-bond acceptors (Lipinski definition) is 4. The van der Waals surface area contributed by atoms with E-state index >= 15 is 0 Å². The Morgan fingerprint density at radius 1 is 1.39 bits per heavy atom. The van der Waals surface area contributed by atoms with E-state index in [1.54, 1.807) is 23.5 Å². The van der Waals surface area contributed by atoms with E-state index in [0.717, 1.165) is 24.4 Å². The lowest BCUT2D eigenvalue weighted by atomic mass is 10.1. The van der Waals surface area contributed by atoms with Gasteiger partial charge in [0, 0.05) is 42.8 Å². The van der Waals surface area contributed by atoms with Crippen molar-refractivity contribution in [3.63, 3.8) is 0 Å². The quantitative estimate of drug-likeness (QED) is 0.402. The number of thiophene rings is 1. The second kappa shape index (κ2) is 10.8. The van der Waals surface area contributed by atoms with Gasteiger partial charge in [0.1, 0.15) is 5.76 Å². The third-order valence-corrected chi connectivity index (χ3v) is 4.17. The minimum atomic E-state index is 0.294. The second-order valence-corrected chi connectivity index (χ2v) is 6.07. The summed E-state index contributed by atoms with van der Waals surface area (Å²) in [5.41, 5.74) is 1.87. The van der Waals surface area contributed by atoms with E-state index < -0.39 is 0 Å². The molecule has 0 saturated carbocycles. The van der Waals surface area contributed by atoms with Gasteiger partial charge in [-0.15, -0.1) is 11.3 Å². The second-order valence-electron chi connectivity index (χ2n) is 5.04. The molecule has 0 bridgehead atoms. The van der Waals surface area contributed by atoms with Crippen LogP contribution in [-0.2, 0) is 6.54 Å². The van der Waals surface area contributed by atoms with Crippen molar-refractivity contribution in [1.29, 1.82) is 0 Å². The van der Waals surface area contributed by atoms with Gasteiger partial charge in [0.25, 0.3) is 0 Å². The van der Waals surface area contributed by atoms with Gasteiger partial charge >= 0.3 is 0 Å². The third-order valence-electron chi connectivity index (χ3n) is 3.31. The average molecular weight is 330 g/mol. The standard InChI is InChI=1S/C19H26N2OS/c1-5-9-16(19(22)7-3)13-21(14-17(20-4)10-6-2)15-18-11-8-12-23-18/h5-12,22H,1,13-15H2,2-4H3/b10-6-,16-9-,19-7+,20-17?. The van der Waals surface area contributed by atoms with Crippen molar-refractivity contribution in [3.8, 4) is 0 Å². The molecule has 1 aromatic rings. The van der Waals surface area contributed by atoms with Gasteiger partial charge in [-0.3, -0.25) is 9.89 Å². The number of hydrogen-bond donors (Lipinski definition) is 1. The summed E-state index contributed by atoms with van der Waals surface area (Å²) >= 11 is 1.74. The fraction of sp³-hybridized carbons (Fsp3) is 0.316. The van der Waals surface area contributed by atoms with Crippen LogP contribution in [0.4, 0.5) is 0 Å². The van der Waals surface area contributed by atoms with Gasteiger partial charge < -0.3 is 5.11 Å².